The van der Waals surface area contributed by atoms with Crippen molar-refractivity contribution in [3.05, 3.63) is 35.9 Å². The van der Waals surface area contributed by atoms with Crippen LogP contribution in [-0.4, -0.2) is 29.4 Å². The van der Waals surface area contributed by atoms with Crippen LogP contribution >= 0.6 is 0 Å². The SMILES string of the molecule is O=C1OCC(CO)C1C(O)c1ccccc1. The van der Waals surface area contributed by atoms with Crippen LogP contribution in [-0.2, 0) is 9.53 Å². The van der Waals surface area contributed by atoms with E-state index in [1.54, 1.807) is 24.3 Å². The Balaban J connectivity index is 2.20. The molecule has 86 valence electrons. The van der Waals surface area contributed by atoms with E-state index in [0.717, 1.165) is 0 Å². The highest BCUT2D eigenvalue weighted by Crippen LogP contribution is 2.33. The number of aliphatic hydroxyl groups is 2. The molecule has 3 atom stereocenters. The Bertz CT molecular complexity index is 363. The molecule has 0 saturated carbocycles. The number of carbonyl (C=O) groups is 1. The third kappa shape index (κ3) is 1.94. The molecule has 1 saturated heterocycles. The maximum atomic E-state index is 11.5. The number of aliphatic hydroxyl groups excluding tert-OH is 2. The van der Waals surface area contributed by atoms with E-state index in [1.807, 2.05) is 6.07 Å². The molecule has 2 N–H and O–H groups in total. The first-order valence-electron chi connectivity index (χ1n) is 5.24. The zero-order valence-corrected chi connectivity index (χ0v) is 8.74. The van der Waals surface area contributed by atoms with Gasteiger partial charge in [-0.3, -0.25) is 4.79 Å². The number of cyclic esters (lactones) is 1. The van der Waals surface area contributed by atoms with Crippen molar-refractivity contribution in [3.63, 3.8) is 0 Å². The monoisotopic (exact) mass is 222 g/mol. The van der Waals surface area contributed by atoms with Crippen LogP contribution in [0.5, 0.6) is 0 Å². The van der Waals surface area contributed by atoms with E-state index in [1.165, 1.54) is 0 Å². The second-order valence-electron chi connectivity index (χ2n) is 3.95. The number of carbonyl (C=O) groups excluding carboxylic acids is 1. The lowest BCUT2D eigenvalue weighted by molar-refractivity contribution is -0.144. The Morgan fingerprint density at radius 2 is 2.06 bits per heavy atom. The van der Waals surface area contributed by atoms with Crippen LogP contribution < -0.4 is 0 Å². The molecule has 0 radical (unpaired) electrons. The number of esters is 1. The molecule has 0 aromatic heterocycles. The second kappa shape index (κ2) is 4.63. The Morgan fingerprint density at radius 3 is 2.69 bits per heavy atom. The zero-order chi connectivity index (χ0) is 11.5. The molecule has 1 aliphatic rings. The molecule has 0 spiro atoms. The lowest BCUT2D eigenvalue weighted by Gasteiger charge is -2.19. The lowest BCUT2D eigenvalue weighted by Crippen LogP contribution is -2.26. The highest BCUT2D eigenvalue weighted by molar-refractivity contribution is 5.75. The van der Waals surface area contributed by atoms with Crippen LogP contribution in [0.1, 0.15) is 11.7 Å². The van der Waals surface area contributed by atoms with Gasteiger partial charge in [-0.05, 0) is 5.56 Å². The molecule has 1 aromatic carbocycles. The third-order valence-electron chi connectivity index (χ3n) is 2.94. The molecule has 1 aliphatic heterocycles. The third-order valence-corrected chi connectivity index (χ3v) is 2.94. The summed E-state index contributed by atoms with van der Waals surface area (Å²) in [5.74, 6) is -1.41. The van der Waals surface area contributed by atoms with Crippen molar-refractivity contribution < 1.29 is 19.7 Å². The molecule has 4 heteroatoms. The molecule has 4 nitrogen and oxygen atoms in total. The smallest absolute Gasteiger partial charge is 0.312 e. The normalized spacial score (nSPS) is 26.5. The number of ether oxygens (including phenoxy) is 1. The molecule has 0 bridgehead atoms. The number of hydrogen-bond acceptors (Lipinski definition) is 4. The van der Waals surface area contributed by atoms with Gasteiger partial charge in [0, 0.05) is 5.92 Å². The molecule has 16 heavy (non-hydrogen) atoms. The standard InChI is InChI=1S/C12H14O4/c13-6-9-7-16-12(15)10(9)11(14)8-4-2-1-3-5-8/h1-5,9-11,13-14H,6-7H2. The van der Waals surface area contributed by atoms with Crippen molar-refractivity contribution in [2.24, 2.45) is 11.8 Å². The highest BCUT2D eigenvalue weighted by Gasteiger charge is 2.41. The van der Waals surface area contributed by atoms with Gasteiger partial charge in [-0.1, -0.05) is 30.3 Å². The summed E-state index contributed by atoms with van der Waals surface area (Å²) in [5, 5.41) is 19.2. The minimum Gasteiger partial charge on any atom is -0.465 e. The first-order valence-corrected chi connectivity index (χ1v) is 5.24. The van der Waals surface area contributed by atoms with Gasteiger partial charge in [0.05, 0.1) is 25.2 Å². The predicted molar refractivity (Wildman–Crippen MR) is 56.4 cm³/mol. The first-order chi connectivity index (χ1) is 7.74. The van der Waals surface area contributed by atoms with Crippen molar-refractivity contribution in [1.82, 2.24) is 0 Å². The Kier molecular flexibility index (Phi) is 3.22. The maximum absolute atomic E-state index is 11.5. The quantitative estimate of drug-likeness (QED) is 0.731. The summed E-state index contributed by atoms with van der Waals surface area (Å²) >= 11 is 0. The summed E-state index contributed by atoms with van der Waals surface area (Å²) in [6.45, 7) is 0.0319. The fraction of sp³-hybridized carbons (Fsp3) is 0.417. The van der Waals surface area contributed by atoms with Crippen LogP contribution in [0.4, 0.5) is 0 Å². The molecule has 3 unspecified atom stereocenters. The Hall–Kier alpha value is -1.39. The average molecular weight is 222 g/mol. The van der Waals surface area contributed by atoms with Crippen LogP contribution in [0, 0.1) is 11.8 Å². The average Bonchev–Trinajstić information content (AvgIpc) is 2.70. The van der Waals surface area contributed by atoms with Gasteiger partial charge in [0.25, 0.3) is 0 Å². The number of benzene rings is 1. The second-order valence-corrected chi connectivity index (χ2v) is 3.95. The molecular formula is C12H14O4. The van der Waals surface area contributed by atoms with E-state index < -0.39 is 18.0 Å². The topological polar surface area (TPSA) is 66.8 Å². The number of hydrogen-bond donors (Lipinski definition) is 2. The summed E-state index contributed by atoms with van der Waals surface area (Å²) in [6.07, 6.45) is -0.909. The van der Waals surface area contributed by atoms with Crippen LogP contribution in [0.15, 0.2) is 30.3 Å². The van der Waals surface area contributed by atoms with Crippen LogP contribution in [0.25, 0.3) is 0 Å². The fourth-order valence-corrected chi connectivity index (χ4v) is 1.99. The largest absolute Gasteiger partial charge is 0.465 e. The summed E-state index contributed by atoms with van der Waals surface area (Å²) in [6, 6.07) is 8.95. The van der Waals surface area contributed by atoms with E-state index in [-0.39, 0.29) is 19.1 Å². The van der Waals surface area contributed by atoms with Gasteiger partial charge >= 0.3 is 5.97 Å². The van der Waals surface area contributed by atoms with Crippen molar-refractivity contribution in [1.29, 1.82) is 0 Å². The Morgan fingerprint density at radius 1 is 1.38 bits per heavy atom. The van der Waals surface area contributed by atoms with Gasteiger partial charge in [-0.25, -0.2) is 0 Å². The van der Waals surface area contributed by atoms with Crippen molar-refractivity contribution >= 4 is 5.97 Å². The van der Waals surface area contributed by atoms with Gasteiger partial charge in [-0.2, -0.15) is 0 Å². The van der Waals surface area contributed by atoms with Gasteiger partial charge in [0.15, 0.2) is 0 Å². The molecular weight excluding hydrogens is 208 g/mol. The molecule has 1 heterocycles. The minimum atomic E-state index is -0.909. The zero-order valence-electron chi connectivity index (χ0n) is 8.74. The fourth-order valence-electron chi connectivity index (χ4n) is 1.99. The molecule has 1 fully saturated rings. The van der Waals surface area contributed by atoms with Gasteiger partial charge in [0.2, 0.25) is 0 Å². The summed E-state index contributed by atoms with van der Waals surface area (Å²) in [4.78, 5) is 11.5. The van der Waals surface area contributed by atoms with E-state index in [4.69, 9.17) is 9.84 Å². The van der Waals surface area contributed by atoms with E-state index in [2.05, 4.69) is 0 Å². The highest BCUT2D eigenvalue weighted by atomic mass is 16.5. The molecule has 0 aliphatic carbocycles. The Labute approximate surface area is 93.5 Å². The first kappa shape index (κ1) is 11.1. The van der Waals surface area contributed by atoms with Gasteiger partial charge in [-0.15, -0.1) is 0 Å². The molecule has 1 aromatic rings. The minimum absolute atomic E-state index is 0.152. The van der Waals surface area contributed by atoms with Gasteiger partial charge < -0.3 is 14.9 Å². The summed E-state index contributed by atoms with van der Waals surface area (Å²) < 4.78 is 4.85. The van der Waals surface area contributed by atoms with Crippen LogP contribution in [0.3, 0.4) is 0 Å². The molecule has 0 amide bonds. The lowest BCUT2D eigenvalue weighted by atomic mass is 9.87. The van der Waals surface area contributed by atoms with Gasteiger partial charge in [0.1, 0.15) is 0 Å². The van der Waals surface area contributed by atoms with Crippen molar-refractivity contribution in [2.45, 2.75) is 6.10 Å². The summed E-state index contributed by atoms with van der Waals surface area (Å²) in [5.41, 5.74) is 0.671. The van der Waals surface area contributed by atoms with E-state index in [0.29, 0.717) is 5.56 Å². The van der Waals surface area contributed by atoms with Crippen LogP contribution in [0.2, 0.25) is 0 Å². The van der Waals surface area contributed by atoms with E-state index in [9.17, 15) is 9.90 Å². The number of rotatable bonds is 3. The summed E-state index contributed by atoms with van der Waals surface area (Å²) in [7, 11) is 0. The van der Waals surface area contributed by atoms with E-state index >= 15 is 0 Å². The maximum Gasteiger partial charge on any atom is 0.312 e. The predicted octanol–water partition coefficient (Wildman–Crippen LogP) is 0.501. The van der Waals surface area contributed by atoms with Crippen molar-refractivity contribution in [3.8, 4) is 0 Å². The van der Waals surface area contributed by atoms with Crippen molar-refractivity contribution in [2.75, 3.05) is 13.2 Å². The molecule has 2 rings (SSSR count).